The molecule has 8 heteroatoms. The van der Waals surface area contributed by atoms with Crippen LogP contribution in [-0.4, -0.2) is 29.4 Å². The fourth-order valence-corrected chi connectivity index (χ4v) is 2.82. The molecule has 2 aromatic rings. The number of benzene rings is 1. The molecule has 0 aliphatic rings. The second kappa shape index (κ2) is 7.91. The lowest BCUT2D eigenvalue weighted by atomic mass is 10.1. The van der Waals surface area contributed by atoms with E-state index in [1.165, 1.54) is 6.33 Å². The van der Waals surface area contributed by atoms with Crippen LogP contribution in [0.4, 0.5) is 0 Å². The smallest absolute Gasteiger partial charge is 0.143 e. The van der Waals surface area contributed by atoms with Gasteiger partial charge in [0, 0.05) is 19.6 Å². The van der Waals surface area contributed by atoms with Crippen molar-refractivity contribution < 1.29 is 4.74 Å². The first-order valence-electron chi connectivity index (χ1n) is 7.56. The number of ether oxygens (including phenoxy) is 1. The van der Waals surface area contributed by atoms with E-state index < -0.39 is 14.1 Å². The molecule has 0 spiro atoms. The topological polar surface area (TPSA) is 88.7 Å². The van der Waals surface area contributed by atoms with Gasteiger partial charge in [0.15, 0.2) is 0 Å². The van der Waals surface area contributed by atoms with Gasteiger partial charge in [0.1, 0.15) is 24.9 Å². The highest BCUT2D eigenvalue weighted by Gasteiger charge is 2.19. The summed E-state index contributed by atoms with van der Waals surface area (Å²) in [6.45, 7) is 7.94. The Morgan fingerprint density at radius 1 is 1.30 bits per heavy atom. The minimum absolute atomic E-state index is 0.310. The van der Waals surface area contributed by atoms with Crippen molar-refractivity contribution in [1.29, 1.82) is 0 Å². The highest BCUT2D eigenvalue weighted by Crippen LogP contribution is 2.24. The van der Waals surface area contributed by atoms with Crippen LogP contribution in [0.3, 0.4) is 0 Å². The van der Waals surface area contributed by atoms with E-state index >= 15 is 0 Å². The van der Waals surface area contributed by atoms with Gasteiger partial charge in [-0.1, -0.05) is 55.1 Å². The predicted molar refractivity (Wildman–Crippen MR) is 91.6 cm³/mol. The van der Waals surface area contributed by atoms with Crippen molar-refractivity contribution in [3.8, 4) is 0 Å². The summed E-state index contributed by atoms with van der Waals surface area (Å²) in [6, 6.07) is 10.1. The van der Waals surface area contributed by atoms with Crippen LogP contribution in [0.2, 0.25) is 25.7 Å². The summed E-state index contributed by atoms with van der Waals surface area (Å²) in [6.07, 6.45) is 1.46. The number of aromatic nitrogens is 3. The largest absolute Gasteiger partial charge is 0.359 e. The van der Waals surface area contributed by atoms with Crippen LogP contribution in [0.25, 0.3) is 10.4 Å². The summed E-state index contributed by atoms with van der Waals surface area (Å²) in [5.41, 5.74) is 9.74. The molecule has 0 aliphatic heterocycles. The summed E-state index contributed by atoms with van der Waals surface area (Å²) in [5, 5.41) is 8.06. The molecule has 2 rings (SSSR count). The van der Waals surface area contributed by atoms with Crippen LogP contribution in [-0.2, 0) is 11.5 Å². The van der Waals surface area contributed by atoms with Crippen molar-refractivity contribution >= 4 is 8.07 Å². The van der Waals surface area contributed by atoms with E-state index in [0.717, 1.165) is 11.6 Å². The summed E-state index contributed by atoms with van der Waals surface area (Å²) in [7, 11) is -1.12. The molecule has 1 aromatic heterocycles. The van der Waals surface area contributed by atoms with E-state index in [9.17, 15) is 0 Å². The molecule has 1 unspecified atom stereocenters. The van der Waals surface area contributed by atoms with Crippen LogP contribution < -0.4 is 0 Å². The van der Waals surface area contributed by atoms with Gasteiger partial charge in [-0.2, -0.15) is 5.10 Å². The second-order valence-corrected chi connectivity index (χ2v) is 12.1. The third-order valence-corrected chi connectivity index (χ3v) is 5.09. The highest BCUT2D eigenvalue weighted by molar-refractivity contribution is 6.76. The van der Waals surface area contributed by atoms with Crippen LogP contribution in [0.15, 0.2) is 41.8 Å². The lowest BCUT2D eigenvalue weighted by Crippen LogP contribution is -2.22. The lowest BCUT2D eigenvalue weighted by Gasteiger charge is -2.16. The monoisotopic (exact) mass is 330 g/mol. The fraction of sp³-hybridized carbons (Fsp3) is 0.467. The fourth-order valence-electron chi connectivity index (χ4n) is 2.07. The van der Waals surface area contributed by atoms with E-state index in [0.29, 0.717) is 19.2 Å². The van der Waals surface area contributed by atoms with Gasteiger partial charge < -0.3 is 4.74 Å². The van der Waals surface area contributed by atoms with Gasteiger partial charge in [-0.15, -0.1) is 0 Å². The molecule has 23 heavy (non-hydrogen) atoms. The zero-order valence-corrected chi connectivity index (χ0v) is 14.8. The molecule has 7 nitrogen and oxygen atoms in total. The standard InChI is InChI=1S/C15H22N6OSi/c1-23(2,3)10-9-22-12-21-15(17-11-18-21)14(19-20-16)13-7-5-4-6-8-13/h4-8,11,14H,9-10,12H2,1-3H3. The molecule has 1 heterocycles. The molecule has 0 amide bonds. The van der Waals surface area contributed by atoms with Gasteiger partial charge in [0.2, 0.25) is 0 Å². The summed E-state index contributed by atoms with van der Waals surface area (Å²) < 4.78 is 7.37. The van der Waals surface area contributed by atoms with Crippen molar-refractivity contribution in [1.82, 2.24) is 14.8 Å². The van der Waals surface area contributed by atoms with Gasteiger partial charge >= 0.3 is 0 Å². The highest BCUT2D eigenvalue weighted by atomic mass is 28.3. The molecule has 0 radical (unpaired) electrons. The molecule has 0 aliphatic carbocycles. The van der Waals surface area contributed by atoms with Gasteiger partial charge in [-0.25, -0.2) is 9.67 Å². The molecule has 1 atom stereocenters. The molecule has 0 fully saturated rings. The Bertz CT molecular complexity index is 660. The van der Waals surface area contributed by atoms with E-state index in [-0.39, 0.29) is 0 Å². The number of rotatable bonds is 8. The van der Waals surface area contributed by atoms with Gasteiger partial charge in [0.05, 0.1) is 0 Å². The second-order valence-electron chi connectivity index (χ2n) is 6.48. The summed E-state index contributed by atoms with van der Waals surface area (Å²) >= 11 is 0. The van der Waals surface area contributed by atoms with Crippen LogP contribution in [0.1, 0.15) is 17.4 Å². The Kier molecular flexibility index (Phi) is 5.92. The Hall–Kier alpha value is -2.15. The summed E-state index contributed by atoms with van der Waals surface area (Å²) in [4.78, 5) is 7.20. The third-order valence-electron chi connectivity index (χ3n) is 3.38. The Morgan fingerprint density at radius 3 is 2.70 bits per heavy atom. The Labute approximate surface area is 136 Å². The Balaban J connectivity index is 2.10. The molecule has 1 aromatic carbocycles. The molecule has 122 valence electrons. The maximum absolute atomic E-state index is 8.87. The first kappa shape index (κ1) is 17.2. The van der Waals surface area contributed by atoms with Gasteiger partial charge in [-0.3, -0.25) is 0 Å². The average Bonchev–Trinajstić information content (AvgIpc) is 2.97. The van der Waals surface area contributed by atoms with Crippen LogP contribution in [0.5, 0.6) is 0 Å². The number of hydrogen-bond donors (Lipinski definition) is 0. The van der Waals surface area contributed by atoms with E-state index in [1.54, 1.807) is 4.68 Å². The van der Waals surface area contributed by atoms with Crippen molar-refractivity contribution in [2.45, 2.75) is 38.5 Å². The molecule has 0 saturated carbocycles. The molecule has 0 saturated heterocycles. The number of nitrogens with zero attached hydrogens (tertiary/aromatic N) is 6. The minimum Gasteiger partial charge on any atom is -0.359 e. The molecular weight excluding hydrogens is 308 g/mol. The number of azide groups is 1. The molecular formula is C15H22N6OSi. The van der Waals surface area contributed by atoms with Crippen molar-refractivity contribution in [2.75, 3.05) is 6.61 Å². The lowest BCUT2D eigenvalue weighted by molar-refractivity contribution is 0.0756. The Morgan fingerprint density at radius 2 is 2.04 bits per heavy atom. The van der Waals surface area contributed by atoms with Crippen molar-refractivity contribution in [3.63, 3.8) is 0 Å². The maximum atomic E-state index is 8.87. The first-order valence-corrected chi connectivity index (χ1v) is 11.3. The number of hydrogen-bond acceptors (Lipinski definition) is 4. The van der Waals surface area contributed by atoms with Gasteiger partial charge in [0.25, 0.3) is 0 Å². The quantitative estimate of drug-likeness (QED) is 0.241. The van der Waals surface area contributed by atoms with E-state index in [4.69, 9.17) is 10.3 Å². The predicted octanol–water partition coefficient (Wildman–Crippen LogP) is 3.99. The van der Waals surface area contributed by atoms with Crippen molar-refractivity contribution in [3.05, 3.63) is 58.5 Å². The SMILES string of the molecule is C[Si](C)(C)CCOCn1ncnc1C(N=[N+]=[N-])c1ccccc1. The molecule has 0 N–H and O–H groups in total. The zero-order valence-electron chi connectivity index (χ0n) is 13.8. The van der Waals surface area contributed by atoms with Crippen LogP contribution in [0, 0.1) is 0 Å². The normalized spacial score (nSPS) is 12.7. The van der Waals surface area contributed by atoms with Crippen molar-refractivity contribution in [2.24, 2.45) is 5.11 Å². The molecule has 0 bridgehead atoms. The van der Waals surface area contributed by atoms with E-state index in [2.05, 4.69) is 39.7 Å². The zero-order chi connectivity index (χ0) is 16.7. The third kappa shape index (κ3) is 5.21. The summed E-state index contributed by atoms with van der Waals surface area (Å²) in [5.74, 6) is 0.585. The minimum atomic E-state index is -1.12. The average molecular weight is 330 g/mol. The van der Waals surface area contributed by atoms with Gasteiger partial charge in [-0.05, 0) is 17.1 Å². The first-order chi connectivity index (χ1) is 11.0. The van der Waals surface area contributed by atoms with E-state index in [1.807, 2.05) is 30.3 Å². The maximum Gasteiger partial charge on any atom is 0.143 e. The van der Waals surface area contributed by atoms with Crippen LogP contribution >= 0.6 is 0 Å².